The van der Waals surface area contributed by atoms with Gasteiger partial charge in [0.25, 0.3) is 0 Å². The Morgan fingerprint density at radius 1 is 0.658 bits per heavy atom. The van der Waals surface area contributed by atoms with Crippen LogP contribution in [0.25, 0.3) is 0 Å². The van der Waals surface area contributed by atoms with Gasteiger partial charge in [0.05, 0.1) is 0 Å². The minimum atomic E-state index is -2.63. The molecule has 0 aliphatic heterocycles. The third-order valence-corrected chi connectivity index (χ3v) is 13.3. The molecule has 0 heterocycles. The molecule has 0 saturated carbocycles. The van der Waals surface area contributed by atoms with E-state index < -0.39 is 7.41 Å². The summed E-state index contributed by atoms with van der Waals surface area (Å²) >= 11 is 0. The summed E-state index contributed by atoms with van der Waals surface area (Å²) in [4.78, 5) is 0. The zero-order valence-corrected chi connectivity index (χ0v) is 25.7. The third-order valence-electron chi connectivity index (χ3n) is 9.02. The van der Waals surface area contributed by atoms with Crippen LogP contribution in [0.1, 0.15) is 91.2 Å². The molecule has 5 rings (SSSR count). The summed E-state index contributed by atoms with van der Waals surface area (Å²) in [6.07, 6.45) is 4.92. The van der Waals surface area contributed by atoms with Gasteiger partial charge >= 0.3 is 232 Å². The van der Waals surface area contributed by atoms with E-state index in [1.165, 1.54) is 33.8 Å². The first-order chi connectivity index (χ1) is 18.0. The molecule has 2 heteroatoms. The van der Waals surface area contributed by atoms with E-state index in [9.17, 15) is 0 Å². The van der Waals surface area contributed by atoms with Gasteiger partial charge in [-0.05, 0) is 0 Å². The minimum absolute atomic E-state index is 0.201. The summed E-state index contributed by atoms with van der Waals surface area (Å²) in [5.41, 5.74) is 7.85. The van der Waals surface area contributed by atoms with Crippen LogP contribution in [0.2, 0.25) is 0 Å². The molecule has 2 aliphatic carbocycles. The molecule has 0 bridgehead atoms. The Labute approximate surface area is 231 Å². The van der Waals surface area contributed by atoms with Gasteiger partial charge in [-0.2, -0.15) is 0 Å². The van der Waals surface area contributed by atoms with Crippen LogP contribution in [-0.4, -0.2) is 0 Å². The molecule has 38 heavy (non-hydrogen) atoms. The Bertz CT molecular complexity index is 1310. The molecule has 0 unspecified atom stereocenters. The maximum atomic E-state index is 4.45. The molecule has 0 aromatic heterocycles. The van der Waals surface area contributed by atoms with E-state index in [1.54, 1.807) is 16.5 Å². The molecule has 2 aliphatic rings. The Morgan fingerprint density at radius 3 is 1.61 bits per heavy atom. The fourth-order valence-corrected chi connectivity index (χ4v) is 11.8. The second-order valence-electron chi connectivity index (χ2n) is 13.4. The Balaban J connectivity index is 1.81. The zero-order chi connectivity index (χ0) is 27.3. The monoisotopic (exact) mass is 523 g/mol. The van der Waals surface area contributed by atoms with Crippen molar-refractivity contribution >= 4 is 23.7 Å². The summed E-state index contributed by atoms with van der Waals surface area (Å²) in [6.45, 7) is 19.1. The van der Waals surface area contributed by atoms with Gasteiger partial charge in [0.15, 0.2) is 0 Å². The van der Waals surface area contributed by atoms with Crippen LogP contribution in [0.15, 0.2) is 101 Å². The first-order valence-electron chi connectivity index (χ1n) is 14.4. The van der Waals surface area contributed by atoms with E-state index in [1.807, 2.05) is 0 Å². The molecule has 200 valence electrons. The Hall–Kier alpha value is -2.63. The predicted molar refractivity (Wildman–Crippen MR) is 171 cm³/mol. The molecule has 0 amide bonds. The number of anilines is 1. The number of hydrogen-bond donors (Lipinski definition) is 1. The van der Waals surface area contributed by atoms with Crippen molar-refractivity contribution in [1.82, 2.24) is 0 Å². The topological polar surface area (TPSA) is 12.0 Å². The average Bonchev–Trinajstić information content (AvgIpc) is 3.42. The van der Waals surface area contributed by atoms with Crippen LogP contribution in [0, 0.1) is 10.8 Å². The quantitative estimate of drug-likeness (QED) is 0.304. The van der Waals surface area contributed by atoms with Crippen molar-refractivity contribution in [1.29, 1.82) is 0 Å². The van der Waals surface area contributed by atoms with Gasteiger partial charge in [-0.15, -0.1) is 0 Å². The van der Waals surface area contributed by atoms with Crippen LogP contribution >= 0.6 is 7.41 Å². The average molecular weight is 524 g/mol. The normalized spacial score (nSPS) is 18.6. The first kappa shape index (κ1) is 27.0. The molecule has 0 radical (unpaired) electrons. The van der Waals surface area contributed by atoms with Crippen LogP contribution in [0.3, 0.4) is 0 Å². The van der Waals surface area contributed by atoms with Crippen molar-refractivity contribution in [3.63, 3.8) is 0 Å². The molecule has 3 aromatic rings. The summed E-state index contributed by atoms with van der Waals surface area (Å²) in [5.74, 6) is 0.876. The van der Waals surface area contributed by atoms with Crippen molar-refractivity contribution in [2.24, 2.45) is 10.8 Å². The van der Waals surface area contributed by atoms with E-state index in [-0.39, 0.29) is 10.8 Å². The number of allylic oxidation sites excluding steroid dienone is 4. The molecule has 1 nitrogen and oxygen atoms in total. The molecular formula is C36H46NP. The predicted octanol–water partition coefficient (Wildman–Crippen LogP) is 9.70. The third kappa shape index (κ3) is 4.48. The Kier molecular flexibility index (Phi) is 6.98. The van der Waals surface area contributed by atoms with Crippen molar-refractivity contribution in [2.45, 2.75) is 80.1 Å². The van der Waals surface area contributed by atoms with E-state index in [4.69, 9.17) is 0 Å². The SMILES string of the molecule is CC(C)c1cccc(C(C)C)c1N[PH](C1=CC2=C(C1)C(C)(C)CC2(C)C)(c1ccccc1)c1ccccc1. The number of hydrogen-bond acceptors (Lipinski definition) is 1. The van der Waals surface area contributed by atoms with Crippen LogP contribution < -0.4 is 15.7 Å². The van der Waals surface area contributed by atoms with Crippen molar-refractivity contribution in [3.8, 4) is 0 Å². The van der Waals surface area contributed by atoms with Gasteiger partial charge in [0.2, 0.25) is 0 Å². The summed E-state index contributed by atoms with van der Waals surface area (Å²) in [7, 11) is -2.63. The van der Waals surface area contributed by atoms with E-state index in [0.29, 0.717) is 11.8 Å². The molecule has 0 atom stereocenters. The molecule has 0 saturated heterocycles. The molecule has 1 N–H and O–H groups in total. The molecular weight excluding hydrogens is 477 g/mol. The second kappa shape index (κ2) is 9.84. The summed E-state index contributed by atoms with van der Waals surface area (Å²) in [5, 5.41) is 8.91. The fourth-order valence-electron chi connectivity index (χ4n) is 7.37. The van der Waals surface area contributed by atoms with Crippen LogP contribution in [0.5, 0.6) is 0 Å². The maximum absolute atomic E-state index is 4.45. The van der Waals surface area contributed by atoms with Gasteiger partial charge in [0, 0.05) is 0 Å². The Morgan fingerprint density at radius 2 is 1.16 bits per heavy atom. The molecule has 3 aromatic carbocycles. The van der Waals surface area contributed by atoms with Gasteiger partial charge in [-0.25, -0.2) is 0 Å². The second-order valence-corrected chi connectivity index (χ2v) is 17.0. The first-order valence-corrected chi connectivity index (χ1v) is 16.4. The van der Waals surface area contributed by atoms with Gasteiger partial charge in [-0.1, -0.05) is 0 Å². The van der Waals surface area contributed by atoms with E-state index in [0.717, 1.165) is 6.42 Å². The van der Waals surface area contributed by atoms with Crippen molar-refractivity contribution < 1.29 is 0 Å². The summed E-state index contributed by atoms with van der Waals surface area (Å²) in [6, 6.07) is 29.6. The van der Waals surface area contributed by atoms with Crippen LogP contribution in [-0.2, 0) is 0 Å². The van der Waals surface area contributed by atoms with E-state index in [2.05, 4.69) is 145 Å². The van der Waals surface area contributed by atoms with E-state index >= 15 is 0 Å². The standard InChI is InChI=1S/C36H46NP/c1-25(2)30-20-15-21-31(26(3)4)34(30)37-38(27-16-11-9-12-17-27,28-18-13-10-14-19-28)29-22-32-33(23-29)36(7,8)24-35(32,5)6/h9-22,25-26,37-38H,23-24H2,1-8H3. The zero-order valence-electron chi connectivity index (χ0n) is 24.7. The van der Waals surface area contributed by atoms with Gasteiger partial charge in [0.1, 0.15) is 0 Å². The molecule has 0 fully saturated rings. The summed E-state index contributed by atoms with van der Waals surface area (Å²) < 4.78 is 0. The fraction of sp³-hybridized carbons (Fsp3) is 0.389. The number of benzene rings is 3. The van der Waals surface area contributed by atoms with Crippen molar-refractivity contribution in [3.05, 3.63) is 113 Å². The van der Waals surface area contributed by atoms with Crippen LogP contribution in [0.4, 0.5) is 5.69 Å². The van der Waals surface area contributed by atoms with Crippen molar-refractivity contribution in [2.75, 3.05) is 5.09 Å². The molecule has 0 spiro atoms. The number of nitrogens with one attached hydrogen (secondary N) is 1. The van der Waals surface area contributed by atoms with Gasteiger partial charge in [-0.3, -0.25) is 0 Å². The van der Waals surface area contributed by atoms with Gasteiger partial charge < -0.3 is 0 Å². The number of para-hydroxylation sites is 1. The number of rotatable bonds is 7.